The molecule has 2 rings (SSSR count). The number of halogens is 3. The number of hydrogen-bond donors (Lipinski definition) is 1. The predicted octanol–water partition coefficient (Wildman–Crippen LogP) is 3.51. The van der Waals surface area contributed by atoms with E-state index >= 15 is 0 Å². The van der Waals surface area contributed by atoms with Crippen LogP contribution in [0, 0.1) is 15.2 Å². The number of rotatable bonds is 3. The van der Waals surface area contributed by atoms with Gasteiger partial charge >= 0.3 is 5.97 Å². The third-order valence-electron chi connectivity index (χ3n) is 2.60. The Morgan fingerprint density at radius 2 is 1.75 bits per heavy atom. The maximum atomic E-state index is 13.1. The highest BCUT2D eigenvalue weighted by molar-refractivity contribution is 14.1. The molecule has 0 aromatic heterocycles. The topological polar surface area (TPSA) is 52.3 Å². The van der Waals surface area contributed by atoms with Crippen LogP contribution in [0.2, 0.25) is 0 Å². The van der Waals surface area contributed by atoms with Gasteiger partial charge in [-0.15, -0.1) is 0 Å². The lowest BCUT2D eigenvalue weighted by atomic mass is 10.1. The second kappa shape index (κ2) is 6.17. The van der Waals surface area contributed by atoms with Gasteiger partial charge < -0.3 is 10.5 Å². The molecule has 0 spiro atoms. The minimum absolute atomic E-state index is 0.0359. The molecule has 104 valence electrons. The van der Waals surface area contributed by atoms with E-state index in [9.17, 15) is 13.6 Å². The Hall–Kier alpha value is -1.70. The number of anilines is 1. The van der Waals surface area contributed by atoms with Crippen molar-refractivity contribution in [2.75, 3.05) is 5.73 Å². The predicted molar refractivity (Wildman–Crippen MR) is 79.0 cm³/mol. The lowest BCUT2D eigenvalue weighted by molar-refractivity contribution is 0.0473. The van der Waals surface area contributed by atoms with Gasteiger partial charge in [0.05, 0.1) is 5.56 Å². The van der Waals surface area contributed by atoms with Gasteiger partial charge in [0.2, 0.25) is 0 Å². The van der Waals surface area contributed by atoms with Gasteiger partial charge in [0.1, 0.15) is 6.61 Å². The molecule has 2 aromatic rings. The Kier molecular flexibility index (Phi) is 4.53. The summed E-state index contributed by atoms with van der Waals surface area (Å²) >= 11 is 2.16. The first-order valence-corrected chi connectivity index (χ1v) is 6.71. The van der Waals surface area contributed by atoms with E-state index in [1.54, 1.807) is 0 Å². The summed E-state index contributed by atoms with van der Waals surface area (Å²) in [5, 5.41) is 0. The molecule has 2 aromatic carbocycles. The van der Waals surface area contributed by atoms with Crippen molar-refractivity contribution >= 4 is 34.2 Å². The molecule has 0 atom stereocenters. The van der Waals surface area contributed by atoms with Crippen LogP contribution in [0.5, 0.6) is 0 Å². The van der Waals surface area contributed by atoms with Gasteiger partial charge in [0, 0.05) is 15.3 Å². The van der Waals surface area contributed by atoms with Crippen molar-refractivity contribution in [3.05, 3.63) is 62.7 Å². The number of ether oxygens (including phenoxy) is 1. The molecule has 3 nitrogen and oxygen atoms in total. The van der Waals surface area contributed by atoms with E-state index in [4.69, 9.17) is 10.5 Å². The molecular formula is C14H10F2INO2. The Morgan fingerprint density at radius 1 is 1.15 bits per heavy atom. The summed E-state index contributed by atoms with van der Waals surface area (Å²) in [6.07, 6.45) is 0. The van der Waals surface area contributed by atoms with Crippen LogP contribution in [0.1, 0.15) is 15.9 Å². The van der Waals surface area contributed by atoms with Crippen LogP contribution in [-0.2, 0) is 11.3 Å². The Bertz CT molecular complexity index is 644. The minimum atomic E-state index is -1.14. The van der Waals surface area contributed by atoms with Crippen LogP contribution in [0.25, 0.3) is 0 Å². The molecule has 0 radical (unpaired) electrons. The van der Waals surface area contributed by atoms with Crippen molar-refractivity contribution in [3.63, 3.8) is 0 Å². The molecule has 0 aliphatic rings. The highest BCUT2D eigenvalue weighted by atomic mass is 127. The van der Waals surface area contributed by atoms with Crippen LogP contribution in [0.4, 0.5) is 14.5 Å². The molecule has 6 heteroatoms. The first kappa shape index (κ1) is 14.7. The summed E-state index contributed by atoms with van der Waals surface area (Å²) in [4.78, 5) is 11.8. The lowest BCUT2D eigenvalue weighted by Crippen LogP contribution is -2.09. The van der Waals surface area contributed by atoms with E-state index < -0.39 is 17.6 Å². The fourth-order valence-electron chi connectivity index (χ4n) is 1.55. The summed E-state index contributed by atoms with van der Waals surface area (Å²) in [5.74, 6) is -3.03. The van der Waals surface area contributed by atoms with E-state index in [0.29, 0.717) is 0 Å². The van der Waals surface area contributed by atoms with Crippen molar-refractivity contribution in [2.45, 2.75) is 6.61 Å². The number of nitrogen functional groups attached to an aromatic ring is 1. The number of nitrogens with two attached hydrogens (primary N) is 1. The highest BCUT2D eigenvalue weighted by Gasteiger charge is 2.15. The fraction of sp³-hybridized carbons (Fsp3) is 0.0714. The molecule has 0 bridgehead atoms. The maximum absolute atomic E-state index is 13.1. The van der Waals surface area contributed by atoms with Gasteiger partial charge in [0.15, 0.2) is 11.6 Å². The SMILES string of the molecule is Nc1cc(F)c(F)cc1C(=O)OCc1ccc(I)cc1. The average Bonchev–Trinajstić information content (AvgIpc) is 2.42. The molecule has 0 unspecified atom stereocenters. The second-order valence-electron chi connectivity index (χ2n) is 4.06. The van der Waals surface area contributed by atoms with E-state index in [0.717, 1.165) is 21.3 Å². The average molecular weight is 389 g/mol. The van der Waals surface area contributed by atoms with Gasteiger partial charge in [-0.3, -0.25) is 0 Å². The molecular weight excluding hydrogens is 379 g/mol. The zero-order chi connectivity index (χ0) is 14.7. The van der Waals surface area contributed by atoms with E-state index in [1.807, 2.05) is 24.3 Å². The third kappa shape index (κ3) is 3.44. The zero-order valence-corrected chi connectivity index (χ0v) is 12.4. The Balaban J connectivity index is 2.09. The molecule has 0 aliphatic heterocycles. The van der Waals surface area contributed by atoms with Crippen LogP contribution in [0.15, 0.2) is 36.4 Å². The van der Waals surface area contributed by atoms with Gasteiger partial charge in [-0.25, -0.2) is 13.6 Å². The molecule has 0 fully saturated rings. The maximum Gasteiger partial charge on any atom is 0.340 e. The summed E-state index contributed by atoms with van der Waals surface area (Å²) < 4.78 is 32.1. The van der Waals surface area contributed by atoms with Gasteiger partial charge in [-0.05, 0) is 46.4 Å². The largest absolute Gasteiger partial charge is 0.457 e. The molecule has 2 N–H and O–H groups in total. The van der Waals surface area contributed by atoms with Gasteiger partial charge in [-0.2, -0.15) is 0 Å². The Morgan fingerprint density at radius 3 is 2.40 bits per heavy atom. The third-order valence-corrected chi connectivity index (χ3v) is 3.31. The smallest absolute Gasteiger partial charge is 0.340 e. The molecule has 0 amide bonds. The number of carbonyl (C=O) groups excluding carboxylic acids is 1. The van der Waals surface area contributed by atoms with E-state index in [2.05, 4.69) is 22.6 Å². The van der Waals surface area contributed by atoms with Crippen molar-refractivity contribution in [3.8, 4) is 0 Å². The van der Waals surface area contributed by atoms with Crippen LogP contribution < -0.4 is 5.73 Å². The number of benzene rings is 2. The number of carbonyl (C=O) groups is 1. The van der Waals surface area contributed by atoms with Gasteiger partial charge in [0.25, 0.3) is 0 Å². The lowest BCUT2D eigenvalue weighted by Gasteiger charge is -2.08. The van der Waals surface area contributed by atoms with E-state index in [-0.39, 0.29) is 17.9 Å². The highest BCUT2D eigenvalue weighted by Crippen LogP contribution is 2.18. The summed E-state index contributed by atoms with van der Waals surface area (Å²) in [5.41, 5.74) is 5.92. The summed E-state index contributed by atoms with van der Waals surface area (Å²) in [6, 6.07) is 8.86. The standard InChI is InChI=1S/C14H10F2INO2/c15-11-5-10(13(18)6-12(11)16)14(19)20-7-8-1-3-9(17)4-2-8/h1-6H,7,18H2. The normalized spacial score (nSPS) is 10.3. The summed E-state index contributed by atoms with van der Waals surface area (Å²) in [7, 11) is 0. The van der Waals surface area contributed by atoms with Crippen LogP contribution in [-0.4, -0.2) is 5.97 Å². The van der Waals surface area contributed by atoms with Crippen molar-refractivity contribution in [1.29, 1.82) is 0 Å². The zero-order valence-electron chi connectivity index (χ0n) is 10.2. The van der Waals surface area contributed by atoms with E-state index in [1.165, 1.54) is 0 Å². The minimum Gasteiger partial charge on any atom is -0.457 e. The van der Waals surface area contributed by atoms with Crippen molar-refractivity contribution in [1.82, 2.24) is 0 Å². The number of esters is 1. The number of hydrogen-bond acceptors (Lipinski definition) is 3. The fourth-order valence-corrected chi connectivity index (χ4v) is 1.91. The van der Waals surface area contributed by atoms with Crippen molar-refractivity contribution < 1.29 is 18.3 Å². The first-order chi connectivity index (χ1) is 9.47. The van der Waals surface area contributed by atoms with Crippen LogP contribution >= 0.6 is 22.6 Å². The molecule has 0 aliphatic carbocycles. The molecule has 0 saturated carbocycles. The second-order valence-corrected chi connectivity index (χ2v) is 5.30. The molecule has 0 heterocycles. The molecule has 20 heavy (non-hydrogen) atoms. The first-order valence-electron chi connectivity index (χ1n) is 5.63. The summed E-state index contributed by atoms with van der Waals surface area (Å²) in [6.45, 7) is 0.0359. The van der Waals surface area contributed by atoms with Gasteiger partial charge in [-0.1, -0.05) is 12.1 Å². The van der Waals surface area contributed by atoms with Crippen LogP contribution in [0.3, 0.4) is 0 Å². The quantitative estimate of drug-likeness (QED) is 0.497. The molecule has 0 saturated heterocycles. The monoisotopic (exact) mass is 389 g/mol. The van der Waals surface area contributed by atoms with Crippen molar-refractivity contribution in [2.24, 2.45) is 0 Å². The Labute approximate surface area is 127 Å².